The number of carbonyl (C=O) groups excluding carboxylic acids is 2. The second-order valence-corrected chi connectivity index (χ2v) is 8.42. The number of thioether (sulfide) groups is 1. The van der Waals surface area contributed by atoms with E-state index in [0.29, 0.717) is 5.56 Å². The minimum Gasteiger partial charge on any atom is -0.465 e. The molecule has 2 heterocycles. The average Bonchev–Trinajstić information content (AvgIpc) is 3.04. The number of ketones is 1. The third-order valence-corrected chi connectivity index (χ3v) is 6.94. The molecule has 4 nitrogen and oxygen atoms in total. The predicted molar refractivity (Wildman–Crippen MR) is 98.0 cm³/mol. The van der Waals surface area contributed by atoms with Crippen molar-refractivity contribution < 1.29 is 14.3 Å². The monoisotopic (exact) mass is 355 g/mol. The largest absolute Gasteiger partial charge is 0.465 e. The highest BCUT2D eigenvalue weighted by Gasteiger charge is 2.44. The number of benzene rings is 1. The van der Waals surface area contributed by atoms with Gasteiger partial charge >= 0.3 is 5.97 Å². The van der Waals surface area contributed by atoms with Gasteiger partial charge in [0.05, 0.1) is 18.7 Å². The number of hydrogen-bond acceptors (Lipinski definition) is 5. The molecule has 0 radical (unpaired) electrons. The number of carbonyl (C=O) groups is 2. The van der Waals surface area contributed by atoms with E-state index < -0.39 is 0 Å². The molecule has 1 aromatic rings. The minimum absolute atomic E-state index is 0.104. The number of rotatable bonds is 2. The van der Waals surface area contributed by atoms with E-state index >= 15 is 0 Å². The second kappa shape index (κ2) is 6.46. The van der Waals surface area contributed by atoms with E-state index in [1.165, 1.54) is 17.6 Å². The summed E-state index contributed by atoms with van der Waals surface area (Å²) in [5.74, 6) is -0.0979. The zero-order chi connectivity index (χ0) is 17.4. The summed E-state index contributed by atoms with van der Waals surface area (Å²) in [5.41, 5.74) is 1.85. The fourth-order valence-electron chi connectivity index (χ4n) is 3.98. The lowest BCUT2D eigenvalue weighted by atomic mass is 9.95. The molecule has 1 fully saturated rings. The average molecular weight is 355 g/mol. The first-order valence-electron chi connectivity index (χ1n) is 8.63. The Balaban J connectivity index is 1.51. The number of esters is 1. The van der Waals surface area contributed by atoms with Gasteiger partial charge in [0.2, 0.25) is 0 Å². The molecule has 130 valence electrons. The highest BCUT2D eigenvalue weighted by Crippen LogP contribution is 2.49. The number of ether oxygens (including phenoxy) is 1. The molecule has 1 saturated heterocycles. The lowest BCUT2D eigenvalue weighted by Crippen LogP contribution is -2.41. The standard InChI is InChI=1S/C20H21NO3S/c1-24-19(23)15-6-7-18-14(12-15)8-9-20(25-18)10-11-21(13-20)16-4-2-3-5-17(16)22/h2-7,12,16H,8-11,13H2,1H3. The van der Waals surface area contributed by atoms with Crippen molar-refractivity contribution in [1.82, 2.24) is 4.90 Å². The molecule has 2 aliphatic heterocycles. The Labute approximate surface area is 151 Å². The summed E-state index contributed by atoms with van der Waals surface area (Å²) in [6.07, 6.45) is 10.6. The molecule has 0 bridgehead atoms. The molecule has 0 aromatic heterocycles. The Morgan fingerprint density at radius 2 is 2.20 bits per heavy atom. The lowest BCUT2D eigenvalue weighted by Gasteiger charge is -2.35. The van der Waals surface area contributed by atoms with Gasteiger partial charge in [-0.3, -0.25) is 9.69 Å². The van der Waals surface area contributed by atoms with Crippen LogP contribution in [-0.2, 0) is 16.0 Å². The fourth-order valence-corrected chi connectivity index (χ4v) is 5.50. The summed E-state index contributed by atoms with van der Waals surface area (Å²) in [5, 5.41) is 0. The maximum atomic E-state index is 12.2. The SMILES string of the molecule is COC(=O)c1ccc2c(c1)CCC1(CCN(C3C=CC=CC3=O)C1)S2. The van der Waals surface area contributed by atoms with E-state index in [9.17, 15) is 9.59 Å². The first-order chi connectivity index (χ1) is 12.1. The Bertz CT molecular complexity index is 785. The van der Waals surface area contributed by atoms with E-state index in [1.807, 2.05) is 48.2 Å². The van der Waals surface area contributed by atoms with Crippen molar-refractivity contribution in [1.29, 1.82) is 0 Å². The van der Waals surface area contributed by atoms with Gasteiger partial charge in [-0.25, -0.2) is 4.79 Å². The maximum absolute atomic E-state index is 12.2. The van der Waals surface area contributed by atoms with Crippen molar-refractivity contribution in [3.05, 3.63) is 53.6 Å². The first-order valence-corrected chi connectivity index (χ1v) is 9.45. The van der Waals surface area contributed by atoms with Gasteiger partial charge in [0.15, 0.2) is 5.78 Å². The van der Waals surface area contributed by atoms with E-state index in [1.54, 1.807) is 6.08 Å². The molecule has 0 saturated carbocycles. The quantitative estimate of drug-likeness (QED) is 0.763. The Kier molecular flexibility index (Phi) is 4.29. The molecule has 0 amide bonds. The molecule has 2 atom stereocenters. The molecule has 25 heavy (non-hydrogen) atoms. The third-order valence-electron chi connectivity index (χ3n) is 5.35. The van der Waals surface area contributed by atoms with Crippen LogP contribution >= 0.6 is 11.8 Å². The summed E-state index contributed by atoms with van der Waals surface area (Å²) in [6.45, 7) is 1.89. The Morgan fingerprint density at radius 1 is 1.32 bits per heavy atom. The zero-order valence-electron chi connectivity index (χ0n) is 14.2. The van der Waals surface area contributed by atoms with E-state index in [2.05, 4.69) is 4.90 Å². The summed E-state index contributed by atoms with van der Waals surface area (Å²) >= 11 is 1.92. The fraction of sp³-hybridized carbons (Fsp3) is 0.400. The summed E-state index contributed by atoms with van der Waals surface area (Å²) in [4.78, 5) is 27.4. The number of nitrogens with zero attached hydrogens (tertiary/aromatic N) is 1. The molecular formula is C20H21NO3S. The van der Waals surface area contributed by atoms with Crippen molar-refractivity contribution in [2.75, 3.05) is 20.2 Å². The zero-order valence-corrected chi connectivity index (χ0v) is 15.1. The van der Waals surface area contributed by atoms with Crippen LogP contribution in [0.2, 0.25) is 0 Å². The summed E-state index contributed by atoms with van der Waals surface area (Å²) in [6, 6.07) is 5.76. The molecule has 2 unspecified atom stereocenters. The summed E-state index contributed by atoms with van der Waals surface area (Å²) in [7, 11) is 1.41. The molecule has 1 aliphatic carbocycles. The molecule has 1 spiro atoms. The van der Waals surface area contributed by atoms with Gasteiger partial charge in [-0.1, -0.05) is 18.2 Å². The number of hydrogen-bond donors (Lipinski definition) is 0. The normalized spacial score (nSPS) is 28.4. The van der Waals surface area contributed by atoms with Gasteiger partial charge < -0.3 is 4.74 Å². The molecular weight excluding hydrogens is 334 g/mol. The van der Waals surface area contributed by atoms with E-state index in [4.69, 9.17) is 4.74 Å². The van der Waals surface area contributed by atoms with Crippen molar-refractivity contribution >= 4 is 23.5 Å². The highest BCUT2D eigenvalue weighted by atomic mass is 32.2. The van der Waals surface area contributed by atoms with E-state index in [0.717, 1.165) is 32.4 Å². The topological polar surface area (TPSA) is 46.6 Å². The lowest BCUT2D eigenvalue weighted by molar-refractivity contribution is -0.117. The van der Waals surface area contributed by atoms with Crippen LogP contribution in [0.3, 0.4) is 0 Å². The van der Waals surface area contributed by atoms with Crippen molar-refractivity contribution in [3.63, 3.8) is 0 Å². The van der Waals surface area contributed by atoms with Gasteiger partial charge in [-0.05, 0) is 49.1 Å². The molecule has 4 rings (SSSR count). The number of allylic oxidation sites excluding steroid dienone is 2. The van der Waals surface area contributed by atoms with Crippen LogP contribution in [0, 0.1) is 0 Å². The van der Waals surface area contributed by atoms with Crippen molar-refractivity contribution in [3.8, 4) is 0 Å². The van der Waals surface area contributed by atoms with Crippen molar-refractivity contribution in [2.45, 2.75) is 34.9 Å². The Morgan fingerprint density at radius 3 is 3.00 bits per heavy atom. The number of aryl methyl sites for hydroxylation is 1. The Hall–Kier alpha value is -1.85. The smallest absolute Gasteiger partial charge is 0.337 e. The second-order valence-electron chi connectivity index (χ2n) is 6.91. The van der Waals surface area contributed by atoms with Crippen LogP contribution in [0.4, 0.5) is 0 Å². The van der Waals surface area contributed by atoms with Gasteiger partial charge in [-0.2, -0.15) is 0 Å². The molecule has 5 heteroatoms. The third kappa shape index (κ3) is 3.07. The molecule has 3 aliphatic rings. The predicted octanol–water partition coefficient (Wildman–Crippen LogP) is 3.02. The van der Waals surface area contributed by atoms with Gasteiger partial charge in [-0.15, -0.1) is 11.8 Å². The number of likely N-dealkylation sites (tertiary alicyclic amines) is 1. The minimum atomic E-state index is -0.282. The number of fused-ring (bicyclic) bond motifs is 1. The van der Waals surface area contributed by atoms with Gasteiger partial charge in [0, 0.05) is 22.7 Å². The van der Waals surface area contributed by atoms with Crippen LogP contribution in [0.1, 0.15) is 28.8 Å². The molecule has 0 N–H and O–H groups in total. The number of methoxy groups -OCH3 is 1. The van der Waals surface area contributed by atoms with Crippen molar-refractivity contribution in [2.24, 2.45) is 0 Å². The van der Waals surface area contributed by atoms with Crippen LogP contribution in [-0.4, -0.2) is 47.6 Å². The van der Waals surface area contributed by atoms with E-state index in [-0.39, 0.29) is 22.5 Å². The van der Waals surface area contributed by atoms with Crippen LogP contribution in [0.25, 0.3) is 0 Å². The van der Waals surface area contributed by atoms with Crippen LogP contribution in [0.15, 0.2) is 47.4 Å². The summed E-state index contributed by atoms with van der Waals surface area (Å²) < 4.78 is 4.99. The van der Waals surface area contributed by atoms with Crippen LogP contribution < -0.4 is 0 Å². The first kappa shape index (κ1) is 16.6. The van der Waals surface area contributed by atoms with Gasteiger partial charge in [0.25, 0.3) is 0 Å². The molecule has 1 aromatic carbocycles. The maximum Gasteiger partial charge on any atom is 0.337 e. The van der Waals surface area contributed by atoms with Crippen LogP contribution in [0.5, 0.6) is 0 Å². The van der Waals surface area contributed by atoms with Gasteiger partial charge in [0.1, 0.15) is 0 Å². The highest BCUT2D eigenvalue weighted by molar-refractivity contribution is 8.00.